The lowest BCUT2D eigenvalue weighted by molar-refractivity contribution is -0.116. The van der Waals surface area contributed by atoms with Crippen LogP contribution < -0.4 is 9.64 Å². The third kappa shape index (κ3) is 5.26. The van der Waals surface area contributed by atoms with Gasteiger partial charge in [-0.15, -0.1) is 10.2 Å². The number of thioether (sulfide) groups is 1. The average molecular weight is 478 g/mol. The Morgan fingerprint density at radius 1 is 1.00 bits per heavy atom. The molecule has 0 atom stereocenters. The van der Waals surface area contributed by atoms with Crippen LogP contribution in [0.4, 0.5) is 10.1 Å². The molecule has 0 fully saturated rings. The summed E-state index contributed by atoms with van der Waals surface area (Å²) in [5.74, 6) is 1.12. The van der Waals surface area contributed by atoms with Gasteiger partial charge in [0.2, 0.25) is 5.91 Å². The molecule has 2 aromatic heterocycles. The van der Waals surface area contributed by atoms with Gasteiger partial charge in [-0.2, -0.15) is 0 Å². The number of nitrogens with zero attached hydrogens (tertiary/aromatic N) is 5. The fraction of sp³-hybridized carbons (Fsp3) is 0.200. The van der Waals surface area contributed by atoms with Crippen LogP contribution in [0.25, 0.3) is 17.1 Å². The maximum atomic E-state index is 13.3. The van der Waals surface area contributed by atoms with Gasteiger partial charge in [-0.25, -0.2) is 4.39 Å². The van der Waals surface area contributed by atoms with Crippen molar-refractivity contribution in [2.45, 2.75) is 19.0 Å². The number of halogens is 1. The molecule has 0 aliphatic heterocycles. The zero-order chi connectivity index (χ0) is 23.9. The van der Waals surface area contributed by atoms with Crippen LogP contribution in [0.3, 0.4) is 0 Å². The summed E-state index contributed by atoms with van der Waals surface area (Å²) in [6.45, 7) is 4.88. The van der Waals surface area contributed by atoms with E-state index in [0.29, 0.717) is 29.8 Å². The molecule has 0 radical (unpaired) electrons. The van der Waals surface area contributed by atoms with E-state index >= 15 is 0 Å². The van der Waals surface area contributed by atoms with Crippen LogP contribution in [0.15, 0.2) is 78.2 Å². The molecule has 1 amide bonds. The molecule has 0 saturated carbocycles. The number of pyridine rings is 1. The largest absolute Gasteiger partial charge is 0.494 e. The maximum absolute atomic E-state index is 13.3. The van der Waals surface area contributed by atoms with Gasteiger partial charge in [0.1, 0.15) is 11.6 Å². The third-order valence-electron chi connectivity index (χ3n) is 5.06. The summed E-state index contributed by atoms with van der Waals surface area (Å²) in [7, 11) is 0. The first kappa shape index (κ1) is 23.4. The van der Waals surface area contributed by atoms with Gasteiger partial charge in [0.05, 0.1) is 12.4 Å². The van der Waals surface area contributed by atoms with Crippen molar-refractivity contribution in [2.24, 2.45) is 0 Å². The van der Waals surface area contributed by atoms with E-state index < -0.39 is 0 Å². The van der Waals surface area contributed by atoms with Gasteiger partial charge in [0.15, 0.2) is 11.0 Å². The first-order valence-electron chi connectivity index (χ1n) is 10.9. The van der Waals surface area contributed by atoms with Crippen LogP contribution >= 0.6 is 11.8 Å². The smallest absolute Gasteiger partial charge is 0.237 e. The van der Waals surface area contributed by atoms with E-state index in [1.165, 1.54) is 23.9 Å². The van der Waals surface area contributed by atoms with Gasteiger partial charge in [-0.3, -0.25) is 14.3 Å². The molecule has 0 aliphatic carbocycles. The van der Waals surface area contributed by atoms with E-state index in [-0.39, 0.29) is 17.5 Å². The molecule has 0 N–H and O–H groups in total. The SMILES string of the molecule is CCOc1ccc(-n2c(SCC(=O)N(CC)c3ccc(F)cc3)nnc2-c2ccncc2)cc1. The zero-order valence-corrected chi connectivity index (χ0v) is 19.7. The molecule has 4 rings (SSSR count). The molecule has 0 bridgehead atoms. The van der Waals surface area contributed by atoms with Crippen molar-refractivity contribution in [3.8, 4) is 22.8 Å². The highest BCUT2D eigenvalue weighted by Gasteiger charge is 2.20. The second-order valence-corrected chi connectivity index (χ2v) is 8.15. The molecule has 34 heavy (non-hydrogen) atoms. The second kappa shape index (κ2) is 10.9. The average Bonchev–Trinajstić information content (AvgIpc) is 3.29. The number of ether oxygens (including phenoxy) is 1. The van der Waals surface area contributed by atoms with E-state index in [2.05, 4.69) is 15.2 Å². The van der Waals surface area contributed by atoms with Crippen LogP contribution in [0.2, 0.25) is 0 Å². The van der Waals surface area contributed by atoms with Crippen molar-refractivity contribution in [2.75, 3.05) is 23.8 Å². The Kier molecular flexibility index (Phi) is 7.54. The molecule has 9 heteroatoms. The summed E-state index contributed by atoms with van der Waals surface area (Å²) in [5, 5.41) is 9.35. The summed E-state index contributed by atoms with van der Waals surface area (Å²) in [6.07, 6.45) is 3.40. The van der Waals surface area contributed by atoms with Crippen LogP contribution in [0.1, 0.15) is 13.8 Å². The zero-order valence-electron chi connectivity index (χ0n) is 18.9. The number of benzene rings is 2. The second-order valence-electron chi connectivity index (χ2n) is 7.21. The standard InChI is InChI=1S/C25H24FN5O2S/c1-3-30(20-7-5-19(26)6-8-20)23(32)17-34-25-29-28-24(18-13-15-27-16-14-18)31(25)21-9-11-22(12-10-21)33-4-2/h5-16H,3-4,17H2,1-2H3. The van der Waals surface area contributed by atoms with Gasteiger partial charge in [-0.05, 0) is 74.5 Å². The fourth-order valence-corrected chi connectivity index (χ4v) is 4.30. The van der Waals surface area contributed by atoms with Gasteiger partial charge in [0.25, 0.3) is 0 Å². The first-order chi connectivity index (χ1) is 16.6. The van der Waals surface area contributed by atoms with E-state index in [1.807, 2.05) is 54.8 Å². The lowest BCUT2D eigenvalue weighted by atomic mass is 10.2. The lowest BCUT2D eigenvalue weighted by Gasteiger charge is -2.21. The van der Waals surface area contributed by atoms with Crippen molar-refractivity contribution in [1.82, 2.24) is 19.7 Å². The first-order valence-corrected chi connectivity index (χ1v) is 11.9. The fourth-order valence-electron chi connectivity index (χ4n) is 3.47. The van der Waals surface area contributed by atoms with Crippen LogP contribution in [0.5, 0.6) is 5.75 Å². The van der Waals surface area contributed by atoms with Crippen molar-refractivity contribution in [3.63, 3.8) is 0 Å². The number of hydrogen-bond acceptors (Lipinski definition) is 6. The molecule has 174 valence electrons. The van der Waals surface area contributed by atoms with E-state index in [4.69, 9.17) is 4.74 Å². The minimum atomic E-state index is -0.339. The number of rotatable bonds is 9. The number of carbonyl (C=O) groups is 1. The summed E-state index contributed by atoms with van der Waals surface area (Å²) < 4.78 is 20.8. The summed E-state index contributed by atoms with van der Waals surface area (Å²) in [4.78, 5) is 18.7. The highest BCUT2D eigenvalue weighted by Crippen LogP contribution is 2.29. The minimum Gasteiger partial charge on any atom is -0.494 e. The quantitative estimate of drug-likeness (QED) is 0.316. The molecule has 2 heterocycles. The Morgan fingerprint density at radius 2 is 1.71 bits per heavy atom. The predicted octanol–water partition coefficient (Wildman–Crippen LogP) is 5.01. The topological polar surface area (TPSA) is 73.1 Å². The Hall–Kier alpha value is -3.72. The summed E-state index contributed by atoms with van der Waals surface area (Å²) in [5.41, 5.74) is 2.36. The molecule has 0 aliphatic rings. The van der Waals surface area contributed by atoms with Crippen LogP contribution in [-0.4, -0.2) is 44.6 Å². The molecule has 4 aromatic rings. The highest BCUT2D eigenvalue weighted by atomic mass is 32.2. The van der Waals surface area contributed by atoms with E-state index in [0.717, 1.165) is 17.0 Å². The molecule has 0 unspecified atom stereocenters. The predicted molar refractivity (Wildman–Crippen MR) is 131 cm³/mol. The van der Waals surface area contributed by atoms with Crippen LogP contribution in [0, 0.1) is 5.82 Å². The van der Waals surface area contributed by atoms with E-state index in [9.17, 15) is 9.18 Å². The Morgan fingerprint density at radius 3 is 2.35 bits per heavy atom. The Bertz CT molecular complexity index is 1230. The van der Waals surface area contributed by atoms with Gasteiger partial charge < -0.3 is 9.64 Å². The van der Waals surface area contributed by atoms with Crippen molar-refractivity contribution >= 4 is 23.4 Å². The molecule has 0 spiro atoms. The summed E-state index contributed by atoms with van der Waals surface area (Å²) in [6, 6.07) is 17.3. The van der Waals surface area contributed by atoms with Gasteiger partial charge >= 0.3 is 0 Å². The van der Waals surface area contributed by atoms with E-state index in [1.54, 1.807) is 29.4 Å². The molecular formula is C25H24FN5O2S. The molecule has 0 saturated heterocycles. The van der Waals surface area contributed by atoms with Crippen molar-refractivity contribution < 1.29 is 13.9 Å². The molecule has 2 aromatic carbocycles. The van der Waals surface area contributed by atoms with Crippen LogP contribution in [-0.2, 0) is 4.79 Å². The number of aromatic nitrogens is 4. The normalized spacial score (nSPS) is 10.8. The molecular weight excluding hydrogens is 453 g/mol. The summed E-state index contributed by atoms with van der Waals surface area (Å²) >= 11 is 1.30. The molecule has 7 nitrogen and oxygen atoms in total. The maximum Gasteiger partial charge on any atom is 0.237 e. The Balaban J connectivity index is 1.62. The van der Waals surface area contributed by atoms with Crippen molar-refractivity contribution in [3.05, 3.63) is 78.9 Å². The minimum absolute atomic E-state index is 0.106. The van der Waals surface area contributed by atoms with Crippen molar-refractivity contribution in [1.29, 1.82) is 0 Å². The number of anilines is 1. The highest BCUT2D eigenvalue weighted by molar-refractivity contribution is 7.99. The number of hydrogen-bond donors (Lipinski definition) is 0. The third-order valence-corrected chi connectivity index (χ3v) is 5.97. The Labute approximate surface area is 201 Å². The number of carbonyl (C=O) groups excluding carboxylic acids is 1. The number of amides is 1. The van der Waals surface area contributed by atoms with Gasteiger partial charge in [-0.1, -0.05) is 11.8 Å². The van der Waals surface area contributed by atoms with Gasteiger partial charge in [0, 0.05) is 35.9 Å². The lowest BCUT2D eigenvalue weighted by Crippen LogP contribution is -2.32. The monoisotopic (exact) mass is 477 g/mol.